The van der Waals surface area contributed by atoms with E-state index in [0.717, 1.165) is 18.6 Å². The molecule has 1 aliphatic heterocycles. The van der Waals surface area contributed by atoms with Crippen LogP contribution in [-0.2, 0) is 29.0 Å². The fourth-order valence-corrected chi connectivity index (χ4v) is 7.19. The maximum Gasteiger partial charge on any atom is 0.308 e. The van der Waals surface area contributed by atoms with Gasteiger partial charge in [-0.25, -0.2) is 0 Å². The Balaban J connectivity index is 1.58. The fraction of sp³-hybridized carbons (Fsp3) is 0.286. The van der Waals surface area contributed by atoms with E-state index < -0.39 is 72.3 Å². The first-order chi connectivity index (χ1) is 27.2. The molecule has 2 aliphatic rings. The van der Waals surface area contributed by atoms with Crippen molar-refractivity contribution in [1.82, 2.24) is 0 Å². The molecule has 0 amide bonds. The molecule has 0 bridgehead atoms. The summed E-state index contributed by atoms with van der Waals surface area (Å²) in [7, 11) is 0. The van der Waals surface area contributed by atoms with Gasteiger partial charge in [0.05, 0.1) is 24.4 Å². The molecular weight excluding hydrogens is 740 g/mol. The van der Waals surface area contributed by atoms with Crippen LogP contribution in [0.4, 0.5) is 0 Å². The Morgan fingerprint density at radius 2 is 1.61 bits per heavy atom. The van der Waals surface area contributed by atoms with E-state index in [1.807, 2.05) is 6.07 Å². The van der Waals surface area contributed by atoms with Gasteiger partial charge >= 0.3 is 5.97 Å². The number of aliphatic hydroxyl groups is 5. The monoisotopic (exact) mass is 782 g/mol. The third kappa shape index (κ3) is 7.87. The first-order valence-electron chi connectivity index (χ1n) is 18.0. The fourth-order valence-electron chi connectivity index (χ4n) is 7.19. The summed E-state index contributed by atoms with van der Waals surface area (Å²) in [6.07, 6.45) is -5.13. The van der Waals surface area contributed by atoms with E-state index in [2.05, 4.69) is 0 Å². The number of fused-ring (bicyclic) bond motifs is 2. The number of ether oxygens (including phenoxy) is 3. The number of hydrogen-bond acceptors (Lipinski definition) is 15. The minimum atomic E-state index is -1.82. The van der Waals surface area contributed by atoms with E-state index in [1.54, 1.807) is 42.5 Å². The molecule has 15 heteroatoms. The average molecular weight is 783 g/mol. The smallest absolute Gasteiger partial charge is 0.308 e. The summed E-state index contributed by atoms with van der Waals surface area (Å²) >= 11 is 0. The van der Waals surface area contributed by atoms with Crippen LogP contribution in [0.2, 0.25) is 0 Å². The van der Waals surface area contributed by atoms with Gasteiger partial charge < -0.3 is 56.3 Å². The predicted molar refractivity (Wildman–Crippen MR) is 204 cm³/mol. The van der Waals surface area contributed by atoms with Crippen molar-refractivity contribution in [3.05, 3.63) is 121 Å². The number of benzene rings is 4. The molecule has 57 heavy (non-hydrogen) atoms. The van der Waals surface area contributed by atoms with Gasteiger partial charge in [-0.3, -0.25) is 19.2 Å². The summed E-state index contributed by atoms with van der Waals surface area (Å²) in [5.74, 6) is -3.66. The van der Waals surface area contributed by atoms with Gasteiger partial charge in [0.25, 0.3) is 0 Å². The van der Waals surface area contributed by atoms with E-state index in [1.165, 1.54) is 19.1 Å². The molecule has 1 heterocycles. The Morgan fingerprint density at radius 3 is 2.28 bits per heavy atom. The van der Waals surface area contributed by atoms with Gasteiger partial charge in [0.2, 0.25) is 6.29 Å². The molecule has 0 aromatic heterocycles. The molecule has 5 atom stereocenters. The molecule has 15 nitrogen and oxygen atoms in total. The van der Waals surface area contributed by atoms with E-state index in [9.17, 15) is 49.8 Å². The maximum atomic E-state index is 14.8. The quantitative estimate of drug-likeness (QED) is 0.0295. The predicted octanol–water partition coefficient (Wildman–Crippen LogP) is 1.82. The molecule has 1 aliphatic carbocycles. The summed E-state index contributed by atoms with van der Waals surface area (Å²) in [6.45, 7) is 1.71. The zero-order valence-electron chi connectivity index (χ0n) is 30.9. The molecule has 0 radical (unpaired) electrons. The number of rotatable bonds is 12. The highest BCUT2D eigenvalue weighted by Gasteiger charge is 2.44. The third-order valence-electron chi connectivity index (χ3n) is 10.0. The van der Waals surface area contributed by atoms with Gasteiger partial charge in [-0.2, -0.15) is 0 Å². The molecule has 0 saturated carbocycles. The van der Waals surface area contributed by atoms with Crippen molar-refractivity contribution >= 4 is 36.0 Å². The number of aromatic hydroxyl groups is 1. The summed E-state index contributed by atoms with van der Waals surface area (Å²) in [5.41, 5.74) is 12.4. The topological polar surface area (TPSA) is 269 Å². The van der Waals surface area contributed by atoms with Gasteiger partial charge in [-0.05, 0) is 59.4 Å². The molecule has 298 valence electrons. The number of phenolic OH excluding ortho intramolecular Hbond substituents is 1. The number of ketones is 2. The number of aldehydes is 1. The van der Waals surface area contributed by atoms with Crippen molar-refractivity contribution in [2.75, 3.05) is 6.61 Å². The van der Waals surface area contributed by atoms with Crippen molar-refractivity contribution in [3.8, 4) is 17.2 Å². The van der Waals surface area contributed by atoms with Gasteiger partial charge in [0, 0.05) is 53.3 Å². The first kappa shape index (κ1) is 41.0. The second-order valence-corrected chi connectivity index (χ2v) is 13.8. The molecule has 4 aromatic rings. The van der Waals surface area contributed by atoms with E-state index in [4.69, 9.17) is 25.7 Å². The van der Waals surface area contributed by atoms with Crippen LogP contribution in [0, 0.1) is 0 Å². The molecule has 1 fully saturated rings. The van der Waals surface area contributed by atoms with Gasteiger partial charge in [0.15, 0.2) is 17.9 Å². The zero-order valence-corrected chi connectivity index (χ0v) is 30.9. The van der Waals surface area contributed by atoms with Crippen LogP contribution in [0.15, 0.2) is 54.6 Å². The van der Waals surface area contributed by atoms with Crippen molar-refractivity contribution in [1.29, 1.82) is 0 Å². The zero-order chi connectivity index (χ0) is 41.3. The molecule has 0 unspecified atom stereocenters. The molecule has 0 spiro atoms. The summed E-state index contributed by atoms with van der Waals surface area (Å²) in [6, 6.07) is 14.2. The third-order valence-corrected chi connectivity index (χ3v) is 10.0. The van der Waals surface area contributed by atoms with Crippen LogP contribution < -0.4 is 20.9 Å². The lowest BCUT2D eigenvalue weighted by atomic mass is 9.77. The highest BCUT2D eigenvalue weighted by atomic mass is 16.7. The molecule has 6 rings (SSSR count). The highest BCUT2D eigenvalue weighted by Crippen LogP contribution is 2.45. The largest absolute Gasteiger partial charge is 0.507 e. The summed E-state index contributed by atoms with van der Waals surface area (Å²) in [5, 5.41) is 63.7. The van der Waals surface area contributed by atoms with Crippen molar-refractivity contribution in [2.45, 2.75) is 70.2 Å². The number of aliphatic hydroxyl groups excluding tert-OH is 5. The lowest BCUT2D eigenvalue weighted by molar-refractivity contribution is -0.268. The number of carbonyl (C=O) groups excluding carboxylic acids is 4. The number of hydrogen-bond donors (Lipinski definition) is 8. The Hall–Kier alpha value is -5.62. The van der Waals surface area contributed by atoms with E-state index in [0.29, 0.717) is 18.3 Å². The lowest BCUT2D eigenvalue weighted by Crippen LogP contribution is -2.58. The van der Waals surface area contributed by atoms with Gasteiger partial charge in [-0.1, -0.05) is 48.5 Å². The standard InChI is InChI=1S/C42H42N2O13/c1-19-35(49)39(53)40(54)42(55-19)57-31-16-28-34(36(50)27(31)14-23-7-4-8-25(41(43)44)29(23)18-47)38(52)32-24(17-46)15-30(56-20(2)48)26(33(32)37(28)51)10-9-21-5-3-6-22(13-21)11-12-45/h3-10,13,15-16,18-19,35,39-42,45-46,49-50,53-54H,11-12,14,17,43-44H2,1-2H3/t19-,35-,39-,40-,42-/m1/s1. The SMILES string of the molecule is CC(=O)Oc1cc(CO)c2c(c1C=Cc1cccc(CCO)c1)C(=O)c1cc(O[C@H]3O[C@H](C)[C@@H](O)[C@@H](O)[C@H]3O)c(Cc3cccc(C(N)N)c3C=O)c(O)c1C2=O. The Kier molecular flexibility index (Phi) is 12.1. The van der Waals surface area contributed by atoms with Crippen molar-refractivity contribution in [3.63, 3.8) is 0 Å². The lowest BCUT2D eigenvalue weighted by Gasteiger charge is -2.39. The molecule has 1 saturated heterocycles. The maximum absolute atomic E-state index is 14.8. The number of esters is 1. The van der Waals surface area contributed by atoms with Crippen LogP contribution in [-0.4, -0.2) is 91.8 Å². The van der Waals surface area contributed by atoms with Crippen molar-refractivity contribution in [2.24, 2.45) is 11.5 Å². The molecular formula is C42H42N2O13. The van der Waals surface area contributed by atoms with Crippen LogP contribution in [0.3, 0.4) is 0 Å². The van der Waals surface area contributed by atoms with E-state index >= 15 is 0 Å². The molecule has 10 N–H and O–H groups in total. The van der Waals surface area contributed by atoms with Gasteiger partial charge in [-0.15, -0.1) is 0 Å². The van der Waals surface area contributed by atoms with Crippen LogP contribution in [0.25, 0.3) is 12.2 Å². The second kappa shape index (κ2) is 16.9. The minimum Gasteiger partial charge on any atom is -0.507 e. The normalized spacial score (nSPS) is 20.4. The minimum absolute atomic E-state index is 0.00234. The average Bonchev–Trinajstić information content (AvgIpc) is 3.18. The Bertz CT molecular complexity index is 2280. The van der Waals surface area contributed by atoms with Gasteiger partial charge in [0.1, 0.15) is 35.6 Å². The number of nitrogens with two attached hydrogens (primary N) is 2. The van der Waals surface area contributed by atoms with Crippen LogP contribution in [0.1, 0.15) is 101 Å². The van der Waals surface area contributed by atoms with E-state index in [-0.39, 0.29) is 74.6 Å². The summed E-state index contributed by atoms with van der Waals surface area (Å²) < 4.78 is 17.2. The number of phenols is 1. The first-order valence-corrected chi connectivity index (χ1v) is 18.0. The Labute approximate surface area is 326 Å². The molecule has 4 aromatic carbocycles. The number of carbonyl (C=O) groups is 4. The van der Waals surface area contributed by atoms with Crippen LogP contribution >= 0.6 is 0 Å². The Morgan fingerprint density at radius 1 is 0.877 bits per heavy atom. The summed E-state index contributed by atoms with van der Waals surface area (Å²) in [4.78, 5) is 54.1. The highest BCUT2D eigenvalue weighted by molar-refractivity contribution is 6.31. The van der Waals surface area contributed by atoms with Crippen molar-refractivity contribution < 1.29 is 64.0 Å². The van der Waals surface area contributed by atoms with Crippen LogP contribution in [0.5, 0.6) is 17.2 Å². The second-order valence-electron chi connectivity index (χ2n) is 13.8.